The standard InChI is InChI=1S/C18H26N2O7.C7H6O/c1-13(19-7-3-2-4-8-19)12-20-9-5-6-14(20)27-16(23)11-18(26,17(24)25)10-15(21)22;8-6-7-4-2-1-3-5-7/h5-6,9,13,26H,2-4,7-8,10-12H2,1H3,(H,21,22)(H,24,25);1-6H/p-2. The smallest absolute Gasteiger partial charge is 0.315 e. The Labute approximate surface area is 203 Å². The molecular weight excluding hydrogens is 456 g/mol. The van der Waals surface area contributed by atoms with Crippen molar-refractivity contribution in [1.29, 1.82) is 0 Å². The number of piperidine rings is 1. The van der Waals surface area contributed by atoms with Crippen molar-refractivity contribution in [2.24, 2.45) is 0 Å². The van der Waals surface area contributed by atoms with Gasteiger partial charge in [-0.1, -0.05) is 36.8 Å². The van der Waals surface area contributed by atoms with Crippen LogP contribution in [0, 0.1) is 0 Å². The van der Waals surface area contributed by atoms with Crippen molar-refractivity contribution >= 4 is 24.2 Å². The van der Waals surface area contributed by atoms with Gasteiger partial charge in [0.25, 0.3) is 0 Å². The van der Waals surface area contributed by atoms with E-state index in [0.717, 1.165) is 37.8 Å². The molecule has 1 fully saturated rings. The van der Waals surface area contributed by atoms with Crippen LogP contribution in [-0.4, -0.2) is 63.5 Å². The van der Waals surface area contributed by atoms with Gasteiger partial charge in [-0.25, -0.2) is 0 Å². The second-order valence-electron chi connectivity index (χ2n) is 8.49. The topological polar surface area (TPSA) is 152 Å². The van der Waals surface area contributed by atoms with Gasteiger partial charge in [-0.2, -0.15) is 0 Å². The number of aliphatic carboxylic acids is 2. The third kappa shape index (κ3) is 8.99. The van der Waals surface area contributed by atoms with Gasteiger partial charge in [-0.15, -0.1) is 0 Å². The monoisotopic (exact) mass is 486 g/mol. The van der Waals surface area contributed by atoms with Crippen LogP contribution in [0.15, 0.2) is 48.7 Å². The largest absolute Gasteiger partial charge is 0.550 e. The number of nitrogens with zero attached hydrogens (tertiary/aromatic N) is 2. The lowest BCUT2D eigenvalue weighted by Gasteiger charge is -2.32. The molecule has 35 heavy (non-hydrogen) atoms. The van der Waals surface area contributed by atoms with E-state index in [9.17, 15) is 34.5 Å². The third-order valence-corrected chi connectivity index (χ3v) is 5.67. The predicted molar refractivity (Wildman–Crippen MR) is 121 cm³/mol. The zero-order chi connectivity index (χ0) is 25.8. The quantitative estimate of drug-likeness (QED) is 0.355. The number of carboxylic acids is 2. The normalized spacial score (nSPS) is 16.2. The highest BCUT2D eigenvalue weighted by molar-refractivity contribution is 5.87. The van der Waals surface area contributed by atoms with E-state index in [1.54, 1.807) is 29.0 Å². The van der Waals surface area contributed by atoms with Gasteiger partial charge >= 0.3 is 5.97 Å². The highest BCUT2D eigenvalue weighted by atomic mass is 16.5. The van der Waals surface area contributed by atoms with E-state index < -0.39 is 36.4 Å². The van der Waals surface area contributed by atoms with E-state index in [1.165, 1.54) is 12.5 Å². The number of hydrogen-bond acceptors (Lipinski definition) is 9. The average Bonchev–Trinajstić information content (AvgIpc) is 3.25. The first-order valence-electron chi connectivity index (χ1n) is 11.4. The predicted octanol–water partition coefficient (Wildman–Crippen LogP) is -0.222. The molecule has 2 heterocycles. The zero-order valence-corrected chi connectivity index (χ0v) is 19.6. The molecule has 1 saturated heterocycles. The van der Waals surface area contributed by atoms with E-state index >= 15 is 0 Å². The van der Waals surface area contributed by atoms with Crippen LogP contribution in [0.25, 0.3) is 0 Å². The highest BCUT2D eigenvalue weighted by Gasteiger charge is 2.33. The van der Waals surface area contributed by atoms with E-state index in [0.29, 0.717) is 6.54 Å². The van der Waals surface area contributed by atoms with Crippen molar-refractivity contribution in [2.45, 2.75) is 57.2 Å². The summed E-state index contributed by atoms with van der Waals surface area (Å²) in [5.41, 5.74) is -2.15. The lowest BCUT2D eigenvalue weighted by molar-refractivity contribution is -0.333. The van der Waals surface area contributed by atoms with Crippen LogP contribution in [0.1, 0.15) is 49.4 Å². The van der Waals surface area contributed by atoms with Crippen molar-refractivity contribution in [3.8, 4) is 5.88 Å². The Balaban J connectivity index is 0.000000456. The Hall–Kier alpha value is -3.50. The van der Waals surface area contributed by atoms with Crippen molar-refractivity contribution < 1.29 is 39.2 Å². The molecule has 0 bridgehead atoms. The van der Waals surface area contributed by atoms with Gasteiger partial charge in [0.2, 0.25) is 5.88 Å². The lowest BCUT2D eigenvalue weighted by atomic mass is 9.96. The summed E-state index contributed by atoms with van der Waals surface area (Å²) in [7, 11) is 0. The van der Waals surface area contributed by atoms with E-state index in [2.05, 4.69) is 11.8 Å². The van der Waals surface area contributed by atoms with Gasteiger partial charge in [-0.05, 0) is 38.9 Å². The number of aromatic nitrogens is 1. The van der Waals surface area contributed by atoms with Gasteiger partial charge < -0.3 is 34.2 Å². The first-order valence-corrected chi connectivity index (χ1v) is 11.4. The number of ether oxygens (including phenoxy) is 1. The molecule has 1 N–H and O–H groups in total. The minimum absolute atomic E-state index is 0.193. The molecular formula is C25H30N2O8-2. The maximum absolute atomic E-state index is 12.0. The summed E-state index contributed by atoms with van der Waals surface area (Å²) in [4.78, 5) is 46.0. The van der Waals surface area contributed by atoms with Crippen molar-refractivity contribution in [2.75, 3.05) is 13.1 Å². The summed E-state index contributed by atoms with van der Waals surface area (Å²) in [5.74, 6) is -4.77. The van der Waals surface area contributed by atoms with Gasteiger partial charge in [-0.3, -0.25) is 14.5 Å². The van der Waals surface area contributed by atoms with Gasteiger partial charge in [0.15, 0.2) is 0 Å². The molecule has 10 nitrogen and oxygen atoms in total. The molecule has 1 aliphatic heterocycles. The van der Waals surface area contributed by atoms with Crippen molar-refractivity contribution in [3.63, 3.8) is 0 Å². The number of carboxylic acid groups (broad SMARTS) is 2. The molecule has 0 amide bonds. The summed E-state index contributed by atoms with van der Waals surface area (Å²) in [6.45, 7) is 4.67. The SMILES string of the molecule is CC(Cn1cccc1OC(=O)CC(O)(CC(=O)[O-])C(=O)[O-])N1CCCCC1.O=Cc1ccccc1. The molecule has 10 heteroatoms. The number of benzene rings is 1. The van der Waals surface area contributed by atoms with Crippen LogP contribution in [-0.2, 0) is 20.9 Å². The van der Waals surface area contributed by atoms with E-state index in [1.807, 2.05) is 18.2 Å². The zero-order valence-electron chi connectivity index (χ0n) is 19.6. The molecule has 0 aliphatic carbocycles. The fourth-order valence-corrected chi connectivity index (χ4v) is 3.77. The first-order chi connectivity index (χ1) is 16.6. The fraction of sp³-hybridized carbons (Fsp3) is 0.440. The number of esters is 1. The number of likely N-dealkylation sites (tertiary alicyclic amines) is 1. The molecule has 0 spiro atoms. The summed E-state index contributed by atoms with van der Waals surface area (Å²) in [6.07, 6.45) is 3.77. The second-order valence-corrected chi connectivity index (χ2v) is 8.49. The van der Waals surface area contributed by atoms with Crippen LogP contribution in [0.2, 0.25) is 0 Å². The van der Waals surface area contributed by atoms with Crippen molar-refractivity contribution in [3.05, 3.63) is 54.2 Å². The summed E-state index contributed by atoms with van der Waals surface area (Å²) in [6, 6.07) is 12.5. The van der Waals surface area contributed by atoms with Crippen LogP contribution in [0.3, 0.4) is 0 Å². The molecule has 190 valence electrons. The summed E-state index contributed by atoms with van der Waals surface area (Å²) in [5, 5.41) is 31.5. The van der Waals surface area contributed by atoms with Crippen LogP contribution in [0.5, 0.6) is 5.88 Å². The Morgan fingerprint density at radius 3 is 2.26 bits per heavy atom. The second kappa shape index (κ2) is 13.4. The molecule has 1 aliphatic rings. The summed E-state index contributed by atoms with van der Waals surface area (Å²) < 4.78 is 6.86. The number of carbonyl (C=O) groups excluding carboxylic acids is 4. The van der Waals surface area contributed by atoms with Gasteiger partial charge in [0.1, 0.15) is 11.9 Å². The van der Waals surface area contributed by atoms with Crippen molar-refractivity contribution in [1.82, 2.24) is 9.47 Å². The Kier molecular flexibility index (Phi) is 10.6. The lowest BCUT2D eigenvalue weighted by Crippen LogP contribution is -2.53. The fourth-order valence-electron chi connectivity index (χ4n) is 3.77. The number of aldehydes is 1. The molecule has 0 radical (unpaired) electrons. The van der Waals surface area contributed by atoms with E-state index in [4.69, 9.17) is 4.74 Å². The Bertz CT molecular complexity index is 984. The number of hydrogen-bond donors (Lipinski definition) is 1. The molecule has 1 aromatic heterocycles. The Morgan fingerprint density at radius 1 is 1.06 bits per heavy atom. The molecule has 2 unspecified atom stereocenters. The van der Waals surface area contributed by atoms with Gasteiger partial charge in [0.05, 0.1) is 12.4 Å². The van der Waals surface area contributed by atoms with E-state index in [-0.39, 0.29) is 11.9 Å². The average molecular weight is 487 g/mol. The first kappa shape index (κ1) is 27.7. The molecule has 2 aromatic rings. The Morgan fingerprint density at radius 2 is 1.71 bits per heavy atom. The number of aliphatic hydroxyl groups is 1. The van der Waals surface area contributed by atoms with Crippen LogP contribution < -0.4 is 14.9 Å². The van der Waals surface area contributed by atoms with Crippen LogP contribution in [0.4, 0.5) is 0 Å². The highest BCUT2D eigenvalue weighted by Crippen LogP contribution is 2.20. The number of carbonyl (C=O) groups is 4. The molecule has 0 saturated carbocycles. The van der Waals surface area contributed by atoms with Gasteiger partial charge in [0, 0.05) is 42.8 Å². The maximum atomic E-state index is 12.0. The molecule has 1 aromatic carbocycles. The third-order valence-electron chi connectivity index (χ3n) is 5.67. The molecule has 2 atom stereocenters. The molecule has 3 rings (SSSR count). The minimum Gasteiger partial charge on any atom is -0.550 e. The summed E-state index contributed by atoms with van der Waals surface area (Å²) >= 11 is 0. The number of rotatable bonds is 10. The minimum atomic E-state index is -2.88. The van der Waals surface area contributed by atoms with Crippen LogP contribution >= 0.6 is 0 Å². The maximum Gasteiger partial charge on any atom is 0.315 e.